The highest BCUT2D eigenvalue weighted by molar-refractivity contribution is 9.10. The lowest BCUT2D eigenvalue weighted by Gasteiger charge is -2.37. The molecule has 1 unspecified atom stereocenters. The number of carbonyl (C=O) groups excluding carboxylic acids is 3. The van der Waals surface area contributed by atoms with Crippen molar-refractivity contribution in [2.75, 3.05) is 4.90 Å². The monoisotopic (exact) mass is 472 g/mol. The predicted octanol–water partition coefficient (Wildman–Crippen LogP) is 4.70. The van der Waals surface area contributed by atoms with Crippen molar-refractivity contribution in [3.63, 3.8) is 0 Å². The molecule has 0 radical (unpaired) electrons. The van der Waals surface area contributed by atoms with Crippen molar-refractivity contribution < 1.29 is 18.8 Å². The van der Waals surface area contributed by atoms with E-state index < -0.39 is 23.7 Å². The zero-order valence-corrected chi connectivity index (χ0v) is 18.0. The molecule has 0 N–H and O–H groups in total. The molecule has 0 bridgehead atoms. The lowest BCUT2D eigenvalue weighted by atomic mass is 9.92. The highest BCUT2D eigenvalue weighted by Crippen LogP contribution is 2.32. The lowest BCUT2D eigenvalue weighted by Crippen LogP contribution is -2.51. The van der Waals surface area contributed by atoms with Crippen LogP contribution in [0.4, 0.5) is 10.1 Å². The zero-order chi connectivity index (χ0) is 21.3. The number of benzene rings is 2. The third kappa shape index (κ3) is 3.90. The summed E-state index contributed by atoms with van der Waals surface area (Å²) in [5.74, 6) is -1.93. The Labute approximate surface area is 183 Å². The van der Waals surface area contributed by atoms with Crippen LogP contribution < -0.4 is 4.90 Å². The van der Waals surface area contributed by atoms with Crippen LogP contribution in [0.5, 0.6) is 0 Å². The largest absolute Gasteiger partial charge is 0.323 e. The van der Waals surface area contributed by atoms with Gasteiger partial charge in [-0.1, -0.05) is 47.3 Å². The summed E-state index contributed by atoms with van der Waals surface area (Å²) in [7, 11) is 0. The molecule has 0 spiro atoms. The summed E-state index contributed by atoms with van der Waals surface area (Å²) in [5, 5.41) is 0. The summed E-state index contributed by atoms with van der Waals surface area (Å²) in [4.78, 5) is 42.1. The Kier molecular flexibility index (Phi) is 5.99. The molecule has 1 heterocycles. The van der Waals surface area contributed by atoms with Crippen LogP contribution in [0.3, 0.4) is 0 Å². The second-order valence-electron chi connectivity index (χ2n) is 7.75. The second kappa shape index (κ2) is 8.68. The predicted molar refractivity (Wildman–Crippen MR) is 114 cm³/mol. The van der Waals surface area contributed by atoms with Crippen LogP contribution >= 0.6 is 15.9 Å². The molecule has 2 aromatic rings. The maximum atomic E-state index is 14.4. The fourth-order valence-electron chi connectivity index (χ4n) is 4.39. The van der Waals surface area contributed by atoms with Gasteiger partial charge in [0.2, 0.25) is 5.91 Å². The highest BCUT2D eigenvalue weighted by Gasteiger charge is 2.47. The molecule has 1 atom stereocenters. The Balaban J connectivity index is 1.69. The molecule has 2 aliphatic rings. The van der Waals surface area contributed by atoms with Gasteiger partial charge in [-0.2, -0.15) is 0 Å². The first-order valence-electron chi connectivity index (χ1n) is 10.2. The van der Waals surface area contributed by atoms with Gasteiger partial charge in [-0.15, -0.1) is 0 Å². The van der Waals surface area contributed by atoms with Crippen molar-refractivity contribution in [3.8, 4) is 0 Å². The Hall–Kier alpha value is -2.54. The molecule has 7 heteroatoms. The topological polar surface area (TPSA) is 57.7 Å². The Bertz CT molecular complexity index is 973. The zero-order valence-electron chi connectivity index (χ0n) is 16.4. The average molecular weight is 473 g/mol. The number of imide groups is 1. The van der Waals surface area contributed by atoms with Crippen molar-refractivity contribution in [3.05, 3.63) is 64.4 Å². The van der Waals surface area contributed by atoms with Gasteiger partial charge < -0.3 is 4.90 Å². The van der Waals surface area contributed by atoms with Gasteiger partial charge in [0, 0.05) is 10.5 Å². The number of anilines is 1. The number of rotatable bonds is 4. The van der Waals surface area contributed by atoms with Crippen molar-refractivity contribution >= 4 is 39.3 Å². The molecule has 3 amide bonds. The molecule has 0 aromatic heterocycles. The molecule has 156 valence electrons. The number of hydrogen-bond acceptors (Lipinski definition) is 3. The van der Waals surface area contributed by atoms with Crippen molar-refractivity contribution in [2.45, 2.75) is 50.6 Å². The number of nitrogens with zero attached hydrogens (tertiary/aromatic N) is 2. The summed E-state index contributed by atoms with van der Waals surface area (Å²) >= 11 is 3.35. The quantitative estimate of drug-likeness (QED) is 0.606. The maximum absolute atomic E-state index is 14.4. The van der Waals surface area contributed by atoms with Gasteiger partial charge in [-0.3, -0.25) is 14.4 Å². The van der Waals surface area contributed by atoms with Crippen molar-refractivity contribution in [1.82, 2.24) is 4.90 Å². The summed E-state index contributed by atoms with van der Waals surface area (Å²) < 4.78 is 15.2. The number of hydrogen-bond donors (Lipinski definition) is 0. The van der Waals surface area contributed by atoms with E-state index in [2.05, 4.69) is 15.9 Å². The van der Waals surface area contributed by atoms with Crippen molar-refractivity contribution in [1.29, 1.82) is 0 Å². The minimum Gasteiger partial charge on any atom is -0.323 e. The van der Waals surface area contributed by atoms with Gasteiger partial charge in [-0.25, -0.2) is 9.29 Å². The van der Waals surface area contributed by atoms with E-state index in [1.54, 1.807) is 30.3 Å². The van der Waals surface area contributed by atoms with Gasteiger partial charge >= 0.3 is 0 Å². The molecule has 2 aromatic carbocycles. The van der Waals surface area contributed by atoms with Crippen LogP contribution in [0, 0.1) is 5.82 Å². The number of halogens is 2. The second-order valence-corrected chi connectivity index (χ2v) is 8.66. The highest BCUT2D eigenvalue weighted by atomic mass is 79.9. The SMILES string of the molecule is O=C1CC(N(C(=O)c2ccccc2F)C2CCCCC2)C(=O)N1c1ccc(Br)cc1. The lowest BCUT2D eigenvalue weighted by molar-refractivity contribution is -0.123. The van der Waals surface area contributed by atoms with E-state index >= 15 is 0 Å². The summed E-state index contributed by atoms with van der Waals surface area (Å²) in [6, 6.07) is 11.6. The molecular weight excluding hydrogens is 451 g/mol. The van der Waals surface area contributed by atoms with Crippen LogP contribution in [0.1, 0.15) is 48.9 Å². The van der Waals surface area contributed by atoms with Crippen LogP contribution in [0.25, 0.3) is 0 Å². The van der Waals surface area contributed by atoms with E-state index in [1.165, 1.54) is 23.1 Å². The van der Waals surface area contributed by atoms with Gasteiger partial charge in [0.15, 0.2) is 0 Å². The van der Waals surface area contributed by atoms with Gasteiger partial charge in [0.1, 0.15) is 11.9 Å². The maximum Gasteiger partial charge on any atom is 0.257 e. The van der Waals surface area contributed by atoms with Crippen LogP contribution in [-0.2, 0) is 9.59 Å². The number of amides is 3. The molecule has 1 saturated carbocycles. The molecule has 2 fully saturated rings. The fraction of sp³-hybridized carbons (Fsp3) is 0.348. The average Bonchev–Trinajstić information content (AvgIpc) is 3.04. The molecule has 1 aliphatic heterocycles. The van der Waals surface area contributed by atoms with E-state index in [0.29, 0.717) is 5.69 Å². The molecule has 5 nitrogen and oxygen atoms in total. The standard InChI is InChI=1S/C23H22BrFN2O3/c24-15-10-12-17(13-11-15)27-21(28)14-20(23(27)30)26(16-6-2-1-3-7-16)22(29)18-8-4-5-9-19(18)25/h4-5,8-13,16,20H,1-3,6-7,14H2. The first-order valence-corrected chi connectivity index (χ1v) is 11.0. The summed E-state index contributed by atoms with van der Waals surface area (Å²) in [6.07, 6.45) is 4.35. The number of carbonyl (C=O) groups is 3. The summed E-state index contributed by atoms with van der Waals surface area (Å²) in [5.41, 5.74) is 0.406. The van der Waals surface area contributed by atoms with Gasteiger partial charge in [0.05, 0.1) is 17.7 Å². The molecular formula is C23H22BrFN2O3. The first-order chi connectivity index (χ1) is 14.5. The Morgan fingerprint density at radius 2 is 1.67 bits per heavy atom. The van der Waals surface area contributed by atoms with Crippen LogP contribution in [0.15, 0.2) is 53.0 Å². The van der Waals surface area contributed by atoms with E-state index in [0.717, 1.165) is 41.5 Å². The first kappa shape index (κ1) is 20.7. The third-order valence-corrected chi connectivity index (χ3v) is 6.38. The van der Waals surface area contributed by atoms with Crippen molar-refractivity contribution in [2.24, 2.45) is 0 Å². The van der Waals surface area contributed by atoms with Gasteiger partial charge in [-0.05, 0) is 49.2 Å². The molecule has 30 heavy (non-hydrogen) atoms. The van der Waals surface area contributed by atoms with E-state index in [9.17, 15) is 18.8 Å². The smallest absolute Gasteiger partial charge is 0.257 e. The third-order valence-electron chi connectivity index (χ3n) is 5.85. The van der Waals surface area contributed by atoms with Crippen LogP contribution in [-0.4, -0.2) is 34.7 Å². The van der Waals surface area contributed by atoms with E-state index in [4.69, 9.17) is 0 Å². The fourth-order valence-corrected chi connectivity index (χ4v) is 4.65. The van der Waals surface area contributed by atoms with E-state index in [1.807, 2.05) is 0 Å². The Morgan fingerprint density at radius 3 is 2.33 bits per heavy atom. The molecule has 1 saturated heterocycles. The molecule has 1 aliphatic carbocycles. The normalized spacial score (nSPS) is 19.9. The molecule has 4 rings (SSSR count). The van der Waals surface area contributed by atoms with Crippen LogP contribution in [0.2, 0.25) is 0 Å². The Morgan fingerprint density at radius 1 is 1.00 bits per heavy atom. The minimum absolute atomic E-state index is 0.0644. The van der Waals surface area contributed by atoms with E-state index in [-0.39, 0.29) is 23.9 Å². The van der Waals surface area contributed by atoms with Gasteiger partial charge in [0.25, 0.3) is 11.8 Å². The summed E-state index contributed by atoms with van der Waals surface area (Å²) in [6.45, 7) is 0. The minimum atomic E-state index is -0.920.